The fraction of sp³-hybridized carbons (Fsp3) is 0.312. The molecule has 0 bridgehead atoms. The van der Waals surface area contributed by atoms with Crippen molar-refractivity contribution in [2.24, 2.45) is 0 Å². The standard InChI is InChI=1S/C16H15FN4O2S/c17-12-3-1-2-4-13(12)21-7-5-11(19-21)9-20-14(22)16(18-15(20)23)6-8-24-10-16/h1-5,7H,6,8-10H2,(H,18,23)/t16-/m1/s1. The minimum atomic E-state index is -0.754. The molecule has 3 heterocycles. The fourth-order valence-electron chi connectivity index (χ4n) is 3.03. The van der Waals surface area contributed by atoms with Gasteiger partial charge in [-0.25, -0.2) is 13.9 Å². The van der Waals surface area contributed by atoms with E-state index in [1.165, 1.54) is 15.6 Å². The van der Waals surface area contributed by atoms with E-state index in [2.05, 4.69) is 10.4 Å². The van der Waals surface area contributed by atoms with Crippen LogP contribution < -0.4 is 5.32 Å². The normalized spacial score (nSPS) is 23.3. The van der Waals surface area contributed by atoms with E-state index in [0.29, 0.717) is 23.6 Å². The number of rotatable bonds is 3. The lowest BCUT2D eigenvalue weighted by Crippen LogP contribution is -2.46. The van der Waals surface area contributed by atoms with Crippen molar-refractivity contribution < 1.29 is 14.0 Å². The highest BCUT2D eigenvalue weighted by molar-refractivity contribution is 7.99. The molecule has 8 heteroatoms. The summed E-state index contributed by atoms with van der Waals surface area (Å²) in [6.07, 6.45) is 2.27. The lowest BCUT2D eigenvalue weighted by Gasteiger charge is -2.18. The molecule has 1 aromatic carbocycles. The minimum Gasteiger partial charge on any atom is -0.322 e. The summed E-state index contributed by atoms with van der Waals surface area (Å²) in [5.74, 6) is 0.890. The quantitative estimate of drug-likeness (QED) is 0.863. The van der Waals surface area contributed by atoms with Gasteiger partial charge < -0.3 is 5.32 Å². The van der Waals surface area contributed by atoms with Crippen LogP contribution in [0.4, 0.5) is 9.18 Å². The Morgan fingerprint density at radius 2 is 2.12 bits per heavy atom. The molecule has 124 valence electrons. The Bertz CT molecular complexity index is 816. The molecule has 1 spiro atoms. The number of benzene rings is 1. The van der Waals surface area contributed by atoms with Gasteiger partial charge in [0.15, 0.2) is 0 Å². The summed E-state index contributed by atoms with van der Waals surface area (Å²) in [6, 6.07) is 7.60. The van der Waals surface area contributed by atoms with Crippen molar-refractivity contribution in [1.29, 1.82) is 0 Å². The van der Waals surface area contributed by atoms with Gasteiger partial charge in [-0.05, 0) is 30.4 Å². The van der Waals surface area contributed by atoms with Crippen molar-refractivity contribution in [1.82, 2.24) is 20.0 Å². The monoisotopic (exact) mass is 346 g/mol. The first-order chi connectivity index (χ1) is 11.6. The predicted molar refractivity (Wildman–Crippen MR) is 87.3 cm³/mol. The number of urea groups is 1. The number of aromatic nitrogens is 2. The second kappa shape index (κ2) is 5.62. The Morgan fingerprint density at radius 1 is 1.29 bits per heavy atom. The average molecular weight is 346 g/mol. The molecule has 2 fully saturated rings. The zero-order valence-corrected chi connectivity index (χ0v) is 13.6. The molecule has 0 saturated carbocycles. The first-order valence-electron chi connectivity index (χ1n) is 7.60. The Hall–Kier alpha value is -2.35. The van der Waals surface area contributed by atoms with Crippen LogP contribution in [0.2, 0.25) is 0 Å². The molecule has 3 amide bonds. The van der Waals surface area contributed by atoms with Gasteiger partial charge in [0.1, 0.15) is 17.0 Å². The Balaban J connectivity index is 1.55. The first-order valence-corrected chi connectivity index (χ1v) is 8.76. The van der Waals surface area contributed by atoms with Crippen LogP contribution >= 0.6 is 11.8 Å². The number of para-hydroxylation sites is 1. The van der Waals surface area contributed by atoms with Gasteiger partial charge in [0, 0.05) is 11.9 Å². The molecular formula is C16H15FN4O2S. The predicted octanol–water partition coefficient (Wildman–Crippen LogP) is 1.94. The number of thioether (sulfide) groups is 1. The van der Waals surface area contributed by atoms with Gasteiger partial charge in [-0.1, -0.05) is 12.1 Å². The maximum absolute atomic E-state index is 13.8. The highest BCUT2D eigenvalue weighted by Crippen LogP contribution is 2.33. The van der Waals surface area contributed by atoms with Gasteiger partial charge in [0.2, 0.25) is 0 Å². The highest BCUT2D eigenvalue weighted by Gasteiger charge is 2.52. The van der Waals surface area contributed by atoms with E-state index in [-0.39, 0.29) is 24.3 Å². The fourth-order valence-corrected chi connectivity index (χ4v) is 4.36. The van der Waals surface area contributed by atoms with Crippen molar-refractivity contribution in [3.05, 3.63) is 48.0 Å². The second-order valence-electron chi connectivity index (χ2n) is 5.91. The molecule has 0 unspecified atom stereocenters. The van der Waals surface area contributed by atoms with Crippen molar-refractivity contribution in [3.8, 4) is 5.69 Å². The zero-order chi connectivity index (χ0) is 16.7. The molecule has 6 nitrogen and oxygen atoms in total. The third kappa shape index (κ3) is 2.37. The molecule has 4 rings (SSSR count). The highest BCUT2D eigenvalue weighted by atomic mass is 32.2. The summed E-state index contributed by atoms with van der Waals surface area (Å²) in [5, 5.41) is 7.11. The van der Waals surface area contributed by atoms with Crippen LogP contribution in [-0.2, 0) is 11.3 Å². The van der Waals surface area contributed by atoms with Crippen LogP contribution in [0.15, 0.2) is 36.5 Å². The van der Waals surface area contributed by atoms with Crippen LogP contribution in [-0.4, -0.2) is 43.7 Å². The molecule has 1 N–H and O–H groups in total. The molecule has 0 aliphatic carbocycles. The molecule has 2 aliphatic heterocycles. The van der Waals surface area contributed by atoms with Crippen molar-refractivity contribution in [2.45, 2.75) is 18.5 Å². The van der Waals surface area contributed by atoms with Crippen molar-refractivity contribution >= 4 is 23.7 Å². The number of carbonyl (C=O) groups is 2. The van der Waals surface area contributed by atoms with E-state index in [4.69, 9.17) is 0 Å². The summed E-state index contributed by atoms with van der Waals surface area (Å²) in [4.78, 5) is 26.0. The maximum Gasteiger partial charge on any atom is 0.325 e. The number of carbonyl (C=O) groups excluding carboxylic acids is 2. The van der Waals surface area contributed by atoms with Crippen LogP contribution in [0.1, 0.15) is 12.1 Å². The van der Waals surface area contributed by atoms with Crippen LogP contribution in [0.5, 0.6) is 0 Å². The molecule has 1 aromatic heterocycles. The third-order valence-electron chi connectivity index (χ3n) is 4.33. The Morgan fingerprint density at radius 3 is 2.88 bits per heavy atom. The number of amides is 3. The maximum atomic E-state index is 13.8. The Kier molecular flexibility index (Phi) is 3.56. The summed E-state index contributed by atoms with van der Waals surface area (Å²) in [6.45, 7) is 0.0819. The van der Waals surface area contributed by atoms with E-state index < -0.39 is 5.54 Å². The number of hydrogen-bond acceptors (Lipinski definition) is 4. The number of nitrogens with one attached hydrogen (secondary N) is 1. The van der Waals surface area contributed by atoms with Gasteiger partial charge in [0.25, 0.3) is 5.91 Å². The van der Waals surface area contributed by atoms with Crippen LogP contribution in [0.3, 0.4) is 0 Å². The topological polar surface area (TPSA) is 67.2 Å². The van der Waals surface area contributed by atoms with Gasteiger partial charge in [-0.3, -0.25) is 9.69 Å². The number of imide groups is 1. The van der Waals surface area contributed by atoms with Gasteiger partial charge in [-0.2, -0.15) is 16.9 Å². The lowest BCUT2D eigenvalue weighted by atomic mass is 9.99. The largest absolute Gasteiger partial charge is 0.325 e. The van der Waals surface area contributed by atoms with E-state index in [1.807, 2.05) is 0 Å². The molecule has 2 saturated heterocycles. The molecule has 2 aliphatic rings. The van der Waals surface area contributed by atoms with E-state index in [9.17, 15) is 14.0 Å². The summed E-state index contributed by atoms with van der Waals surface area (Å²) in [7, 11) is 0. The minimum absolute atomic E-state index is 0.0819. The van der Waals surface area contributed by atoms with Gasteiger partial charge >= 0.3 is 6.03 Å². The summed E-state index contributed by atoms with van der Waals surface area (Å²) >= 11 is 1.66. The van der Waals surface area contributed by atoms with E-state index >= 15 is 0 Å². The van der Waals surface area contributed by atoms with Crippen molar-refractivity contribution in [2.75, 3.05) is 11.5 Å². The van der Waals surface area contributed by atoms with Gasteiger partial charge in [-0.15, -0.1) is 0 Å². The molecule has 24 heavy (non-hydrogen) atoms. The zero-order valence-electron chi connectivity index (χ0n) is 12.7. The average Bonchev–Trinajstić information content (AvgIpc) is 3.26. The van der Waals surface area contributed by atoms with E-state index in [1.54, 1.807) is 42.2 Å². The summed E-state index contributed by atoms with van der Waals surface area (Å²) in [5.41, 5.74) is 0.102. The van der Waals surface area contributed by atoms with E-state index in [0.717, 1.165) is 5.75 Å². The smallest absolute Gasteiger partial charge is 0.322 e. The SMILES string of the molecule is O=C1N[C@@]2(CCSC2)C(=O)N1Cc1ccn(-c2ccccc2F)n1. The number of nitrogens with zero attached hydrogens (tertiary/aromatic N) is 3. The van der Waals surface area contributed by atoms with Crippen molar-refractivity contribution in [3.63, 3.8) is 0 Å². The van der Waals surface area contributed by atoms with Gasteiger partial charge in [0.05, 0.1) is 12.2 Å². The number of halogens is 1. The first kappa shape index (κ1) is 15.2. The molecule has 1 atom stereocenters. The van der Waals surface area contributed by atoms with Crippen LogP contribution in [0.25, 0.3) is 5.69 Å². The second-order valence-corrected chi connectivity index (χ2v) is 7.01. The summed E-state index contributed by atoms with van der Waals surface area (Å²) < 4.78 is 15.2. The third-order valence-corrected chi connectivity index (χ3v) is 5.52. The lowest BCUT2D eigenvalue weighted by molar-refractivity contribution is -0.130. The molecule has 0 radical (unpaired) electrons. The van der Waals surface area contributed by atoms with Crippen LogP contribution in [0, 0.1) is 5.82 Å². The molecule has 2 aromatic rings. The molecular weight excluding hydrogens is 331 g/mol. The Labute approximate surface area is 142 Å². The number of hydrogen-bond donors (Lipinski definition) is 1.